The highest BCUT2D eigenvalue weighted by Crippen LogP contribution is 2.39. The summed E-state index contributed by atoms with van der Waals surface area (Å²) in [6.07, 6.45) is 1.79. The SMILES string of the molecule is COC(=O)c1ccc(C(=O)NN(C(=O)CN)c2ccc3c(c2)Cc2cc(CCC[C@H](CC(=O)O)C(=O)N[C@@H](CC(C)C)C(=O)O)ccc2-3)cc1. The number of carboxylic acid groups (broad SMARTS) is 2. The van der Waals surface area contributed by atoms with E-state index in [0.717, 1.165) is 32.8 Å². The number of amides is 3. The fourth-order valence-corrected chi connectivity index (χ4v) is 6.02. The van der Waals surface area contributed by atoms with Gasteiger partial charge in [0.15, 0.2) is 0 Å². The zero-order valence-corrected chi connectivity index (χ0v) is 28.2. The molecule has 0 radical (unpaired) electrons. The molecule has 0 unspecified atom stereocenters. The van der Waals surface area contributed by atoms with Crippen LogP contribution in [0.3, 0.4) is 0 Å². The van der Waals surface area contributed by atoms with E-state index in [2.05, 4.69) is 21.5 Å². The summed E-state index contributed by atoms with van der Waals surface area (Å²) in [5.41, 5.74) is 14.2. The number of esters is 1. The molecule has 0 spiro atoms. The van der Waals surface area contributed by atoms with Crippen LogP contribution in [0.25, 0.3) is 11.1 Å². The molecule has 13 nitrogen and oxygen atoms in total. The van der Waals surface area contributed by atoms with E-state index in [1.165, 1.54) is 31.4 Å². The molecule has 3 amide bonds. The third kappa shape index (κ3) is 9.32. The molecule has 1 aliphatic rings. The number of ether oxygens (including phenoxy) is 1. The Balaban J connectivity index is 1.43. The van der Waals surface area contributed by atoms with Crippen LogP contribution >= 0.6 is 0 Å². The van der Waals surface area contributed by atoms with Crippen LogP contribution in [0.2, 0.25) is 0 Å². The number of carbonyl (C=O) groups excluding carboxylic acids is 4. The number of hydrogen-bond acceptors (Lipinski definition) is 8. The first kappa shape index (κ1) is 37.3. The molecule has 0 bridgehead atoms. The number of aliphatic carboxylic acids is 2. The predicted molar refractivity (Wildman–Crippen MR) is 184 cm³/mol. The largest absolute Gasteiger partial charge is 0.481 e. The second-order valence-corrected chi connectivity index (χ2v) is 12.7. The first-order valence-corrected chi connectivity index (χ1v) is 16.3. The molecule has 0 aliphatic heterocycles. The van der Waals surface area contributed by atoms with Crippen LogP contribution in [0.1, 0.15) is 76.9 Å². The number of nitrogens with zero attached hydrogens (tertiary/aromatic N) is 1. The van der Waals surface area contributed by atoms with Crippen molar-refractivity contribution in [2.75, 3.05) is 18.7 Å². The van der Waals surface area contributed by atoms with Gasteiger partial charge in [0, 0.05) is 11.5 Å². The second-order valence-electron chi connectivity index (χ2n) is 12.7. The minimum Gasteiger partial charge on any atom is -0.481 e. The molecule has 0 aromatic heterocycles. The van der Waals surface area contributed by atoms with Crippen molar-refractivity contribution in [1.29, 1.82) is 0 Å². The maximum absolute atomic E-state index is 13.0. The van der Waals surface area contributed by atoms with Gasteiger partial charge in [-0.1, -0.05) is 38.1 Å². The number of hydrazine groups is 1. The van der Waals surface area contributed by atoms with Crippen LogP contribution in [-0.2, 0) is 36.8 Å². The Hall–Kier alpha value is -5.56. The first-order chi connectivity index (χ1) is 23.8. The number of carboxylic acids is 2. The summed E-state index contributed by atoms with van der Waals surface area (Å²) < 4.78 is 4.69. The molecule has 3 aromatic rings. The summed E-state index contributed by atoms with van der Waals surface area (Å²) >= 11 is 0. The molecule has 50 heavy (non-hydrogen) atoms. The maximum atomic E-state index is 13.0. The quantitative estimate of drug-likeness (QED) is 0.0905. The maximum Gasteiger partial charge on any atom is 0.337 e. The molecule has 0 fully saturated rings. The van der Waals surface area contributed by atoms with Crippen molar-refractivity contribution in [2.45, 2.75) is 58.4 Å². The molecular formula is C37H42N4O9. The minimum absolute atomic E-state index is 0.0326. The summed E-state index contributed by atoms with van der Waals surface area (Å²) in [4.78, 5) is 73.7. The summed E-state index contributed by atoms with van der Waals surface area (Å²) in [5, 5.41) is 22.5. The van der Waals surface area contributed by atoms with E-state index in [4.69, 9.17) is 5.73 Å². The van der Waals surface area contributed by atoms with E-state index in [9.17, 15) is 39.0 Å². The molecule has 13 heteroatoms. The Morgan fingerprint density at radius 3 is 2.14 bits per heavy atom. The predicted octanol–water partition coefficient (Wildman–Crippen LogP) is 3.71. The molecule has 3 aromatic carbocycles. The van der Waals surface area contributed by atoms with Crippen molar-refractivity contribution in [3.05, 3.63) is 88.5 Å². The second kappa shape index (κ2) is 16.7. The number of anilines is 1. The average molecular weight is 687 g/mol. The Bertz CT molecular complexity index is 1770. The van der Waals surface area contributed by atoms with E-state index in [1.807, 2.05) is 38.1 Å². The molecule has 0 saturated carbocycles. The number of hydrogen-bond donors (Lipinski definition) is 5. The Labute approximate surface area is 289 Å². The number of fused-ring (bicyclic) bond motifs is 3. The summed E-state index contributed by atoms with van der Waals surface area (Å²) in [5.74, 6) is -5.33. The number of nitrogens with one attached hydrogen (secondary N) is 2. The van der Waals surface area contributed by atoms with Gasteiger partial charge in [0.2, 0.25) is 5.91 Å². The lowest BCUT2D eigenvalue weighted by Crippen LogP contribution is -2.49. The van der Waals surface area contributed by atoms with Crippen molar-refractivity contribution in [2.24, 2.45) is 17.6 Å². The molecule has 2 atom stereocenters. The van der Waals surface area contributed by atoms with E-state index < -0.39 is 54.0 Å². The normalized spacial score (nSPS) is 12.7. The van der Waals surface area contributed by atoms with Crippen molar-refractivity contribution < 1.29 is 43.7 Å². The average Bonchev–Trinajstić information content (AvgIpc) is 3.45. The molecule has 1 aliphatic carbocycles. The van der Waals surface area contributed by atoms with Crippen molar-refractivity contribution in [3.63, 3.8) is 0 Å². The lowest BCUT2D eigenvalue weighted by molar-refractivity contribution is -0.144. The van der Waals surface area contributed by atoms with Crippen LogP contribution in [0.4, 0.5) is 5.69 Å². The van der Waals surface area contributed by atoms with Crippen molar-refractivity contribution in [3.8, 4) is 11.1 Å². The summed E-state index contributed by atoms with van der Waals surface area (Å²) in [6.45, 7) is 3.34. The van der Waals surface area contributed by atoms with Crippen molar-refractivity contribution in [1.82, 2.24) is 10.7 Å². The van der Waals surface area contributed by atoms with E-state index in [1.54, 1.807) is 6.07 Å². The van der Waals surface area contributed by atoms with E-state index >= 15 is 0 Å². The lowest BCUT2D eigenvalue weighted by Gasteiger charge is -2.23. The number of aryl methyl sites for hydroxylation is 1. The van der Waals surface area contributed by atoms with Gasteiger partial charge >= 0.3 is 17.9 Å². The fourth-order valence-electron chi connectivity index (χ4n) is 6.02. The van der Waals surface area contributed by atoms with Crippen LogP contribution in [0.5, 0.6) is 0 Å². The van der Waals surface area contributed by atoms with Crippen LogP contribution < -0.4 is 21.5 Å². The Kier molecular flexibility index (Phi) is 12.4. The van der Waals surface area contributed by atoms with Gasteiger partial charge in [0.25, 0.3) is 11.8 Å². The van der Waals surface area contributed by atoms with Crippen LogP contribution in [0.15, 0.2) is 60.7 Å². The van der Waals surface area contributed by atoms with Gasteiger partial charge in [-0.3, -0.25) is 24.6 Å². The van der Waals surface area contributed by atoms with E-state index in [0.29, 0.717) is 24.9 Å². The fraction of sp³-hybridized carbons (Fsp3) is 0.351. The highest BCUT2D eigenvalue weighted by atomic mass is 16.5. The highest BCUT2D eigenvalue weighted by Gasteiger charge is 2.28. The number of nitrogens with two attached hydrogens (primary N) is 1. The van der Waals surface area contributed by atoms with Gasteiger partial charge in [-0.25, -0.2) is 14.6 Å². The minimum atomic E-state index is -1.15. The van der Waals surface area contributed by atoms with E-state index in [-0.39, 0.29) is 36.4 Å². The number of benzene rings is 3. The topological polar surface area (TPSA) is 205 Å². The third-order valence-electron chi connectivity index (χ3n) is 8.52. The summed E-state index contributed by atoms with van der Waals surface area (Å²) in [6, 6.07) is 16.2. The van der Waals surface area contributed by atoms with Gasteiger partial charge in [-0.15, -0.1) is 0 Å². The zero-order chi connectivity index (χ0) is 36.5. The number of carbonyl (C=O) groups is 6. The molecule has 0 saturated heterocycles. The van der Waals surface area contributed by atoms with Gasteiger partial charge in [-0.05, 0) is 102 Å². The van der Waals surface area contributed by atoms with Gasteiger partial charge in [-0.2, -0.15) is 0 Å². The van der Waals surface area contributed by atoms with Crippen LogP contribution in [-0.4, -0.2) is 65.5 Å². The smallest absolute Gasteiger partial charge is 0.337 e. The Morgan fingerprint density at radius 1 is 0.900 bits per heavy atom. The monoisotopic (exact) mass is 686 g/mol. The Morgan fingerprint density at radius 2 is 1.54 bits per heavy atom. The molecular weight excluding hydrogens is 644 g/mol. The zero-order valence-electron chi connectivity index (χ0n) is 28.2. The van der Waals surface area contributed by atoms with Gasteiger partial charge < -0.3 is 26.0 Å². The molecule has 6 N–H and O–H groups in total. The highest BCUT2D eigenvalue weighted by molar-refractivity contribution is 6.03. The molecule has 4 rings (SSSR count). The number of methoxy groups -OCH3 is 1. The first-order valence-electron chi connectivity index (χ1n) is 16.3. The van der Waals surface area contributed by atoms with Gasteiger partial charge in [0.1, 0.15) is 6.04 Å². The molecule has 264 valence electrons. The lowest BCUT2D eigenvalue weighted by atomic mass is 9.94. The molecule has 0 heterocycles. The third-order valence-corrected chi connectivity index (χ3v) is 8.52. The summed E-state index contributed by atoms with van der Waals surface area (Å²) in [7, 11) is 1.26. The standard InChI is InChI=1S/C37H42N4O9/c1-21(2)15-31(36(47)48)39-34(45)25(19-33(43)44)6-4-5-22-7-13-29-26(16-22)17-27-18-28(12-14-30(27)29)41(32(42)20-38)40-35(46)23-8-10-24(11-9-23)37(49)50-3/h7-14,16,18,21,25,31H,4-6,15,17,19-20,38H2,1-3H3,(H,39,45)(H,40,46)(H,43,44)(H,47,48)/t25-,31+/m1/s1. The van der Waals surface area contributed by atoms with Gasteiger partial charge in [0.05, 0.1) is 31.3 Å². The number of rotatable bonds is 15. The van der Waals surface area contributed by atoms with Crippen molar-refractivity contribution >= 4 is 41.3 Å². The van der Waals surface area contributed by atoms with Crippen LogP contribution in [0, 0.1) is 11.8 Å².